The molecule has 2 aromatic rings. The molecule has 0 unspecified atom stereocenters. The van der Waals surface area contributed by atoms with Crippen LogP contribution in [-0.4, -0.2) is 33.2 Å². The summed E-state index contributed by atoms with van der Waals surface area (Å²) in [6.45, 7) is 12.1. The molecule has 0 saturated heterocycles. The van der Waals surface area contributed by atoms with Gasteiger partial charge in [-0.15, -0.1) is 0 Å². The van der Waals surface area contributed by atoms with Crippen LogP contribution in [0.1, 0.15) is 56.0 Å². The standard InChI is InChI=1S/C24H32N2O4S/c1-15-8-10-19(16(2)12-15)17(3)25-23(27)22-14-26(31(7,28)29)20-13-18(24(4,5)6)9-11-21(20)30-22/h8-13,17,22H,14H2,1-7H3,(H,25,27)/t17-,22+/m1/s1. The first-order valence-electron chi connectivity index (χ1n) is 10.4. The molecule has 0 fully saturated rings. The van der Waals surface area contributed by atoms with Crippen LogP contribution in [0.3, 0.4) is 0 Å². The van der Waals surface area contributed by atoms with Gasteiger partial charge >= 0.3 is 0 Å². The SMILES string of the molecule is Cc1ccc([C@@H](C)NC(=O)[C@@H]2CN(S(C)(=O)=O)c3cc(C(C)(C)C)ccc3O2)c(C)c1. The summed E-state index contributed by atoms with van der Waals surface area (Å²) < 4.78 is 32.3. The van der Waals surface area contributed by atoms with Crippen molar-refractivity contribution in [3.05, 3.63) is 58.7 Å². The fourth-order valence-electron chi connectivity index (χ4n) is 3.86. The van der Waals surface area contributed by atoms with Gasteiger partial charge in [0.05, 0.1) is 24.5 Å². The Morgan fingerprint density at radius 3 is 2.42 bits per heavy atom. The molecule has 2 atom stereocenters. The lowest BCUT2D eigenvalue weighted by atomic mass is 9.86. The summed E-state index contributed by atoms with van der Waals surface area (Å²) in [6, 6.07) is 11.4. The van der Waals surface area contributed by atoms with Crippen molar-refractivity contribution in [3.8, 4) is 5.75 Å². The first kappa shape index (κ1) is 23.1. The van der Waals surface area contributed by atoms with Crippen molar-refractivity contribution in [2.45, 2.75) is 59.1 Å². The van der Waals surface area contributed by atoms with Gasteiger partial charge in [-0.2, -0.15) is 0 Å². The molecule has 7 heteroatoms. The Kier molecular flexibility index (Phi) is 6.11. The third-order valence-electron chi connectivity index (χ3n) is 5.64. The van der Waals surface area contributed by atoms with Crippen LogP contribution in [0.25, 0.3) is 0 Å². The van der Waals surface area contributed by atoms with Crippen LogP contribution in [-0.2, 0) is 20.2 Å². The molecule has 168 valence electrons. The first-order chi connectivity index (χ1) is 14.3. The van der Waals surface area contributed by atoms with E-state index in [1.807, 2.05) is 45.0 Å². The number of carbonyl (C=O) groups excluding carboxylic acids is 1. The van der Waals surface area contributed by atoms with Gasteiger partial charge in [-0.25, -0.2) is 8.42 Å². The number of fused-ring (bicyclic) bond motifs is 1. The van der Waals surface area contributed by atoms with Crippen LogP contribution in [0.5, 0.6) is 5.75 Å². The number of aryl methyl sites for hydroxylation is 2. The number of benzene rings is 2. The van der Waals surface area contributed by atoms with E-state index in [0.717, 1.165) is 28.5 Å². The molecule has 0 aromatic heterocycles. The Bertz CT molecular complexity index is 1100. The number of anilines is 1. The van der Waals surface area contributed by atoms with Crippen molar-refractivity contribution in [2.24, 2.45) is 0 Å². The number of nitrogens with zero attached hydrogens (tertiary/aromatic N) is 1. The molecular formula is C24H32N2O4S. The number of ether oxygens (including phenoxy) is 1. The molecule has 1 aliphatic heterocycles. The summed E-state index contributed by atoms with van der Waals surface area (Å²) in [6.07, 6.45) is 0.218. The molecule has 31 heavy (non-hydrogen) atoms. The Labute approximate surface area is 185 Å². The van der Waals surface area contributed by atoms with E-state index in [1.165, 1.54) is 4.31 Å². The third kappa shape index (κ3) is 5.03. The van der Waals surface area contributed by atoms with E-state index >= 15 is 0 Å². The largest absolute Gasteiger partial charge is 0.476 e. The van der Waals surface area contributed by atoms with Crippen LogP contribution in [0.4, 0.5) is 5.69 Å². The average molecular weight is 445 g/mol. The van der Waals surface area contributed by atoms with Crippen molar-refractivity contribution in [1.29, 1.82) is 0 Å². The Morgan fingerprint density at radius 2 is 1.84 bits per heavy atom. The summed E-state index contributed by atoms with van der Waals surface area (Å²) in [7, 11) is -3.59. The molecule has 1 N–H and O–H groups in total. The lowest BCUT2D eigenvalue weighted by molar-refractivity contribution is -0.128. The molecule has 1 heterocycles. The number of amides is 1. The molecule has 0 bridgehead atoms. The summed E-state index contributed by atoms with van der Waals surface area (Å²) in [5.74, 6) is 0.0515. The fraction of sp³-hybridized carbons (Fsp3) is 0.458. The van der Waals surface area contributed by atoms with E-state index in [-0.39, 0.29) is 23.9 Å². The average Bonchev–Trinajstić information content (AvgIpc) is 2.64. The van der Waals surface area contributed by atoms with Gasteiger partial charge in [-0.1, -0.05) is 50.6 Å². The van der Waals surface area contributed by atoms with Gasteiger partial charge in [0.1, 0.15) is 5.75 Å². The van der Waals surface area contributed by atoms with Crippen LogP contribution in [0, 0.1) is 13.8 Å². The van der Waals surface area contributed by atoms with Crippen molar-refractivity contribution in [1.82, 2.24) is 5.32 Å². The maximum absolute atomic E-state index is 13.0. The summed E-state index contributed by atoms with van der Waals surface area (Å²) in [4.78, 5) is 13.0. The van der Waals surface area contributed by atoms with E-state index in [9.17, 15) is 13.2 Å². The summed E-state index contributed by atoms with van der Waals surface area (Å²) in [5.41, 5.74) is 4.59. The molecular weight excluding hydrogens is 412 g/mol. The van der Waals surface area contributed by atoms with Gasteiger partial charge in [0.2, 0.25) is 10.0 Å². The minimum Gasteiger partial charge on any atom is -0.476 e. The lowest BCUT2D eigenvalue weighted by Gasteiger charge is -2.35. The van der Waals surface area contributed by atoms with Gasteiger partial charge < -0.3 is 10.1 Å². The Hall–Kier alpha value is -2.54. The third-order valence-corrected chi connectivity index (χ3v) is 6.78. The van der Waals surface area contributed by atoms with E-state index in [1.54, 1.807) is 6.07 Å². The fourth-order valence-corrected chi connectivity index (χ4v) is 4.77. The van der Waals surface area contributed by atoms with Gasteiger partial charge in [0.25, 0.3) is 5.91 Å². The van der Waals surface area contributed by atoms with Crippen LogP contribution in [0.2, 0.25) is 0 Å². The quantitative estimate of drug-likeness (QED) is 0.773. The predicted octanol–water partition coefficient (Wildman–Crippen LogP) is 4.01. The van der Waals surface area contributed by atoms with Crippen LogP contribution in [0.15, 0.2) is 36.4 Å². The van der Waals surface area contributed by atoms with Crippen LogP contribution < -0.4 is 14.4 Å². The number of carbonyl (C=O) groups is 1. The van der Waals surface area contributed by atoms with Crippen molar-refractivity contribution in [2.75, 3.05) is 17.1 Å². The minimum absolute atomic E-state index is 0.0646. The van der Waals surface area contributed by atoms with Crippen molar-refractivity contribution < 1.29 is 17.9 Å². The van der Waals surface area contributed by atoms with E-state index in [4.69, 9.17) is 4.74 Å². The van der Waals surface area contributed by atoms with Gasteiger partial charge in [0.15, 0.2) is 6.10 Å². The monoisotopic (exact) mass is 444 g/mol. The maximum Gasteiger partial charge on any atom is 0.263 e. The minimum atomic E-state index is -3.59. The summed E-state index contributed by atoms with van der Waals surface area (Å²) in [5, 5.41) is 2.98. The van der Waals surface area contributed by atoms with Crippen molar-refractivity contribution >= 4 is 21.6 Å². The molecule has 2 aromatic carbocycles. The second-order valence-electron chi connectivity index (χ2n) is 9.42. The van der Waals surface area contributed by atoms with Crippen molar-refractivity contribution in [3.63, 3.8) is 0 Å². The zero-order chi connectivity index (χ0) is 23.1. The second kappa shape index (κ2) is 8.19. The molecule has 0 spiro atoms. The van der Waals surface area contributed by atoms with E-state index in [2.05, 4.69) is 32.2 Å². The molecule has 6 nitrogen and oxygen atoms in total. The number of hydrogen-bond donors (Lipinski definition) is 1. The number of nitrogens with one attached hydrogen (secondary N) is 1. The summed E-state index contributed by atoms with van der Waals surface area (Å²) >= 11 is 0. The van der Waals surface area contributed by atoms with Gasteiger partial charge in [-0.05, 0) is 55.0 Å². The maximum atomic E-state index is 13.0. The number of rotatable bonds is 4. The molecule has 0 saturated carbocycles. The predicted molar refractivity (Wildman–Crippen MR) is 124 cm³/mol. The normalized spacial score (nSPS) is 17.5. The highest BCUT2D eigenvalue weighted by Gasteiger charge is 2.36. The van der Waals surface area contributed by atoms with E-state index < -0.39 is 16.1 Å². The number of hydrogen-bond acceptors (Lipinski definition) is 4. The Balaban J connectivity index is 1.87. The highest BCUT2D eigenvalue weighted by molar-refractivity contribution is 7.92. The molecule has 0 radical (unpaired) electrons. The molecule has 1 aliphatic rings. The molecule has 3 rings (SSSR count). The lowest BCUT2D eigenvalue weighted by Crippen LogP contribution is -2.51. The zero-order valence-electron chi connectivity index (χ0n) is 19.3. The molecule has 1 amide bonds. The zero-order valence-corrected chi connectivity index (χ0v) is 20.1. The highest BCUT2D eigenvalue weighted by atomic mass is 32.2. The topological polar surface area (TPSA) is 75.7 Å². The smallest absolute Gasteiger partial charge is 0.263 e. The van der Waals surface area contributed by atoms with Gasteiger partial charge in [0, 0.05) is 0 Å². The Morgan fingerprint density at radius 1 is 1.16 bits per heavy atom. The first-order valence-corrected chi connectivity index (χ1v) is 12.3. The molecule has 0 aliphatic carbocycles. The van der Waals surface area contributed by atoms with E-state index in [0.29, 0.717) is 11.4 Å². The highest BCUT2D eigenvalue weighted by Crippen LogP contribution is 2.38. The van der Waals surface area contributed by atoms with Gasteiger partial charge in [-0.3, -0.25) is 9.10 Å². The second-order valence-corrected chi connectivity index (χ2v) is 11.3. The van der Waals surface area contributed by atoms with Crippen LogP contribution >= 0.6 is 0 Å². The number of sulfonamides is 1.